The molecule has 1 heterocycles. The molecule has 1 aromatic rings. The smallest absolute Gasteiger partial charge is 0.346 e. The first-order valence-corrected chi connectivity index (χ1v) is 6.46. The first kappa shape index (κ1) is 13.4. The maximum atomic E-state index is 6.10. The van der Waals surface area contributed by atoms with Crippen molar-refractivity contribution in [2.24, 2.45) is 0 Å². The van der Waals surface area contributed by atoms with Crippen molar-refractivity contribution < 1.29 is 9.39 Å². The standard InChI is InChI=1S/C15H21BO2/c1-14(2)15(3,4)18-16(12-17-14)11-10-13-8-6-5-7-9-13/h5-11H,12H2,1-4H3/b11-10+. The average molecular weight is 244 g/mol. The van der Waals surface area contributed by atoms with E-state index in [-0.39, 0.29) is 18.1 Å². The summed E-state index contributed by atoms with van der Waals surface area (Å²) in [6.45, 7) is 8.94. The van der Waals surface area contributed by atoms with Gasteiger partial charge in [-0.05, 0) is 33.3 Å². The number of ether oxygens (including phenoxy) is 1. The van der Waals surface area contributed by atoms with Crippen molar-refractivity contribution in [3.8, 4) is 0 Å². The monoisotopic (exact) mass is 244 g/mol. The van der Waals surface area contributed by atoms with Crippen LogP contribution in [0.3, 0.4) is 0 Å². The zero-order valence-electron chi connectivity index (χ0n) is 11.6. The highest BCUT2D eigenvalue weighted by Crippen LogP contribution is 2.33. The van der Waals surface area contributed by atoms with Gasteiger partial charge in [0.25, 0.3) is 0 Å². The SMILES string of the molecule is CC1(C)OCB(/C=C/c2ccccc2)OC1(C)C. The van der Waals surface area contributed by atoms with E-state index < -0.39 is 0 Å². The molecule has 1 aliphatic rings. The maximum Gasteiger partial charge on any atom is 0.346 e. The summed E-state index contributed by atoms with van der Waals surface area (Å²) >= 11 is 0. The van der Waals surface area contributed by atoms with Crippen LogP contribution in [0.5, 0.6) is 0 Å². The van der Waals surface area contributed by atoms with Gasteiger partial charge in [0.05, 0.1) is 17.7 Å². The van der Waals surface area contributed by atoms with Crippen LogP contribution in [0.15, 0.2) is 36.3 Å². The Balaban J connectivity index is 2.03. The van der Waals surface area contributed by atoms with Crippen molar-refractivity contribution in [2.75, 3.05) is 6.51 Å². The molecule has 1 saturated heterocycles. The van der Waals surface area contributed by atoms with Gasteiger partial charge in [-0.15, -0.1) is 0 Å². The minimum Gasteiger partial charge on any atom is -0.421 e. The Bertz CT molecular complexity index is 423. The Morgan fingerprint density at radius 2 is 1.72 bits per heavy atom. The van der Waals surface area contributed by atoms with Crippen LogP contribution >= 0.6 is 0 Å². The fourth-order valence-corrected chi connectivity index (χ4v) is 1.90. The summed E-state index contributed by atoms with van der Waals surface area (Å²) in [4.78, 5) is 0. The van der Waals surface area contributed by atoms with Crippen LogP contribution in [0.1, 0.15) is 33.3 Å². The molecule has 0 bridgehead atoms. The van der Waals surface area contributed by atoms with E-state index in [1.165, 1.54) is 5.56 Å². The van der Waals surface area contributed by atoms with Gasteiger partial charge in [0.15, 0.2) is 0 Å². The van der Waals surface area contributed by atoms with Gasteiger partial charge in [-0.2, -0.15) is 0 Å². The molecule has 1 fully saturated rings. The topological polar surface area (TPSA) is 18.5 Å². The minimum atomic E-state index is -0.281. The van der Waals surface area contributed by atoms with E-state index in [2.05, 4.69) is 51.9 Å². The molecule has 0 aromatic heterocycles. The number of rotatable bonds is 2. The van der Waals surface area contributed by atoms with Gasteiger partial charge >= 0.3 is 6.92 Å². The molecule has 0 N–H and O–H groups in total. The number of benzene rings is 1. The molecule has 3 heteroatoms. The van der Waals surface area contributed by atoms with Gasteiger partial charge in [-0.25, -0.2) is 0 Å². The van der Waals surface area contributed by atoms with Crippen LogP contribution < -0.4 is 0 Å². The van der Waals surface area contributed by atoms with E-state index in [4.69, 9.17) is 9.39 Å². The summed E-state index contributed by atoms with van der Waals surface area (Å²) in [7, 11) is 0. The Morgan fingerprint density at radius 3 is 2.33 bits per heavy atom. The van der Waals surface area contributed by atoms with Gasteiger partial charge in [0, 0.05) is 0 Å². The van der Waals surface area contributed by atoms with E-state index in [1.807, 2.05) is 18.2 Å². The molecule has 0 saturated carbocycles. The molecule has 0 radical (unpaired) electrons. The lowest BCUT2D eigenvalue weighted by atomic mass is 9.65. The van der Waals surface area contributed by atoms with Crippen molar-refractivity contribution in [2.45, 2.75) is 38.9 Å². The first-order chi connectivity index (χ1) is 8.41. The highest BCUT2D eigenvalue weighted by atomic mass is 16.6. The second-order valence-electron chi connectivity index (χ2n) is 5.76. The third-order valence-electron chi connectivity index (χ3n) is 3.81. The van der Waals surface area contributed by atoms with Crippen LogP contribution in [0.2, 0.25) is 0 Å². The van der Waals surface area contributed by atoms with Crippen molar-refractivity contribution in [3.05, 3.63) is 41.9 Å². The summed E-state index contributed by atoms with van der Waals surface area (Å²) < 4.78 is 12.0. The Hall–Kier alpha value is -1.06. The Labute approximate surface area is 110 Å². The van der Waals surface area contributed by atoms with Crippen molar-refractivity contribution in [1.29, 1.82) is 0 Å². The van der Waals surface area contributed by atoms with Crippen LogP contribution in [0, 0.1) is 0 Å². The predicted molar refractivity (Wildman–Crippen MR) is 76.4 cm³/mol. The second kappa shape index (κ2) is 4.91. The van der Waals surface area contributed by atoms with E-state index in [1.54, 1.807) is 0 Å². The van der Waals surface area contributed by atoms with Crippen LogP contribution in [0.25, 0.3) is 6.08 Å². The molecule has 18 heavy (non-hydrogen) atoms. The molecule has 0 unspecified atom stereocenters. The summed E-state index contributed by atoms with van der Waals surface area (Å²) in [5.41, 5.74) is 0.657. The molecule has 0 aliphatic carbocycles. The van der Waals surface area contributed by atoms with E-state index in [0.717, 1.165) is 0 Å². The van der Waals surface area contributed by atoms with E-state index in [0.29, 0.717) is 6.51 Å². The van der Waals surface area contributed by atoms with Gasteiger partial charge in [0.1, 0.15) is 0 Å². The molecular weight excluding hydrogens is 223 g/mol. The Morgan fingerprint density at radius 1 is 1.06 bits per heavy atom. The molecule has 1 aliphatic heterocycles. The maximum absolute atomic E-state index is 6.10. The Kier molecular flexibility index (Phi) is 3.65. The highest BCUT2D eigenvalue weighted by Gasteiger charge is 2.45. The van der Waals surface area contributed by atoms with Crippen LogP contribution in [-0.2, 0) is 9.39 Å². The van der Waals surface area contributed by atoms with Gasteiger partial charge in [-0.1, -0.05) is 42.4 Å². The van der Waals surface area contributed by atoms with Gasteiger partial charge in [-0.3, -0.25) is 0 Å². The summed E-state index contributed by atoms with van der Waals surface area (Å²) in [6, 6.07) is 10.2. The number of hydrogen-bond acceptors (Lipinski definition) is 2. The normalized spacial score (nSPS) is 22.3. The second-order valence-corrected chi connectivity index (χ2v) is 5.76. The molecule has 2 rings (SSSR count). The molecule has 96 valence electrons. The van der Waals surface area contributed by atoms with Crippen LogP contribution in [0.4, 0.5) is 0 Å². The largest absolute Gasteiger partial charge is 0.421 e. The molecule has 2 nitrogen and oxygen atoms in total. The molecule has 0 amide bonds. The molecular formula is C15H21BO2. The first-order valence-electron chi connectivity index (χ1n) is 6.46. The summed E-state index contributed by atoms with van der Waals surface area (Å²) in [6.07, 6.45) is 2.09. The summed E-state index contributed by atoms with van der Waals surface area (Å²) in [5, 5.41) is 0. The fourth-order valence-electron chi connectivity index (χ4n) is 1.90. The van der Waals surface area contributed by atoms with Crippen molar-refractivity contribution in [3.63, 3.8) is 0 Å². The third-order valence-corrected chi connectivity index (χ3v) is 3.81. The third kappa shape index (κ3) is 2.85. The fraction of sp³-hybridized carbons (Fsp3) is 0.467. The predicted octanol–water partition coefficient (Wildman–Crippen LogP) is 3.37. The van der Waals surface area contributed by atoms with Crippen LogP contribution in [-0.4, -0.2) is 24.6 Å². The lowest BCUT2D eigenvalue weighted by Crippen LogP contribution is -2.58. The zero-order valence-corrected chi connectivity index (χ0v) is 11.6. The van der Waals surface area contributed by atoms with Gasteiger partial charge in [0.2, 0.25) is 0 Å². The summed E-state index contributed by atoms with van der Waals surface area (Å²) in [5.74, 6) is 2.08. The van der Waals surface area contributed by atoms with E-state index >= 15 is 0 Å². The van der Waals surface area contributed by atoms with Crippen molar-refractivity contribution in [1.82, 2.24) is 0 Å². The van der Waals surface area contributed by atoms with Crippen molar-refractivity contribution >= 4 is 13.0 Å². The zero-order chi connectivity index (χ0) is 13.2. The number of hydrogen-bond donors (Lipinski definition) is 0. The van der Waals surface area contributed by atoms with Gasteiger partial charge < -0.3 is 9.39 Å². The minimum absolute atomic E-state index is 0.0215. The highest BCUT2D eigenvalue weighted by molar-refractivity contribution is 6.58. The lowest BCUT2D eigenvalue weighted by molar-refractivity contribution is -0.152. The lowest BCUT2D eigenvalue weighted by Gasteiger charge is -2.47. The molecule has 1 aromatic carbocycles. The quantitative estimate of drug-likeness (QED) is 0.742. The molecule has 0 atom stereocenters. The average Bonchev–Trinajstić information content (AvgIpc) is 2.32. The van der Waals surface area contributed by atoms with E-state index in [9.17, 15) is 0 Å². The molecule has 0 spiro atoms.